The van der Waals surface area contributed by atoms with E-state index < -0.39 is 11.7 Å². The van der Waals surface area contributed by atoms with Crippen LogP contribution in [-0.4, -0.2) is 35.9 Å². The van der Waals surface area contributed by atoms with Gasteiger partial charge in [-0.2, -0.15) is 0 Å². The van der Waals surface area contributed by atoms with Crippen molar-refractivity contribution >= 4 is 0 Å². The zero-order valence-electron chi connectivity index (χ0n) is 16.0. The van der Waals surface area contributed by atoms with E-state index in [1.54, 1.807) is 49.0 Å². The maximum Gasteiger partial charge on any atom is 0.120 e. The van der Waals surface area contributed by atoms with E-state index in [9.17, 15) is 15.3 Å². The number of nitrogens with zero attached hydrogens (tertiary/aromatic N) is 3. The maximum atomic E-state index is 10.6. The van der Waals surface area contributed by atoms with Gasteiger partial charge in [0, 0.05) is 11.1 Å². The lowest BCUT2D eigenvalue weighted by Gasteiger charge is -2.19. The van der Waals surface area contributed by atoms with Gasteiger partial charge in [0.25, 0.3) is 0 Å². The van der Waals surface area contributed by atoms with Crippen LogP contribution >= 0.6 is 0 Å². The van der Waals surface area contributed by atoms with E-state index in [0.29, 0.717) is 11.3 Å². The summed E-state index contributed by atoms with van der Waals surface area (Å²) < 4.78 is 1.62. The first-order valence-electron chi connectivity index (χ1n) is 8.98. The number of benzene rings is 2. The summed E-state index contributed by atoms with van der Waals surface area (Å²) in [5.41, 5.74) is 2.03. The molecule has 3 N–H and O–H groups in total. The molecule has 2 unspecified atom stereocenters. The number of hydrogen-bond acceptors (Lipinski definition) is 5. The molecule has 28 heavy (non-hydrogen) atoms. The Morgan fingerprint density at radius 1 is 1.04 bits per heavy atom. The van der Waals surface area contributed by atoms with Crippen LogP contribution in [0, 0.1) is 11.8 Å². The van der Waals surface area contributed by atoms with Crippen molar-refractivity contribution in [3.8, 4) is 28.8 Å². The molecule has 0 fully saturated rings. The van der Waals surface area contributed by atoms with Crippen molar-refractivity contribution in [1.29, 1.82) is 0 Å². The third kappa shape index (κ3) is 4.77. The van der Waals surface area contributed by atoms with Gasteiger partial charge >= 0.3 is 0 Å². The number of phenols is 1. The van der Waals surface area contributed by atoms with E-state index in [1.807, 2.05) is 31.2 Å². The van der Waals surface area contributed by atoms with Crippen molar-refractivity contribution in [2.45, 2.75) is 38.5 Å². The molecule has 0 bridgehead atoms. The minimum atomic E-state index is -1.03. The summed E-state index contributed by atoms with van der Waals surface area (Å²) in [4.78, 5) is 0. The fourth-order valence-corrected chi connectivity index (χ4v) is 2.65. The Labute approximate surface area is 164 Å². The Morgan fingerprint density at radius 3 is 2.29 bits per heavy atom. The van der Waals surface area contributed by atoms with Crippen LogP contribution < -0.4 is 0 Å². The van der Waals surface area contributed by atoms with Gasteiger partial charge in [-0.1, -0.05) is 41.3 Å². The highest BCUT2D eigenvalue weighted by molar-refractivity contribution is 5.59. The van der Waals surface area contributed by atoms with Crippen LogP contribution in [0.4, 0.5) is 0 Å². The smallest absolute Gasteiger partial charge is 0.120 e. The molecular weight excluding hydrogens is 354 g/mol. The summed E-state index contributed by atoms with van der Waals surface area (Å²) in [6.45, 7) is 5.13. The molecule has 0 radical (unpaired) electrons. The van der Waals surface area contributed by atoms with E-state index in [4.69, 9.17) is 0 Å². The maximum absolute atomic E-state index is 10.6. The summed E-state index contributed by atoms with van der Waals surface area (Å²) in [5, 5.41) is 38.0. The topological polar surface area (TPSA) is 91.4 Å². The Bertz CT molecular complexity index is 990. The monoisotopic (exact) mass is 377 g/mol. The zero-order valence-corrected chi connectivity index (χ0v) is 16.0. The van der Waals surface area contributed by atoms with Crippen molar-refractivity contribution in [3.63, 3.8) is 0 Å². The van der Waals surface area contributed by atoms with E-state index in [2.05, 4.69) is 22.2 Å². The molecular formula is C22H23N3O3. The average molecular weight is 377 g/mol. The lowest BCUT2D eigenvalue weighted by atomic mass is 10.0. The van der Waals surface area contributed by atoms with Crippen LogP contribution in [0.2, 0.25) is 0 Å². The normalized spacial score (nSPS) is 13.5. The number of aliphatic hydroxyl groups is 2. The Hall–Kier alpha value is -3.14. The quantitative estimate of drug-likeness (QED) is 0.608. The molecule has 0 saturated heterocycles. The van der Waals surface area contributed by atoms with Crippen LogP contribution in [0.3, 0.4) is 0 Å². The minimum Gasteiger partial charge on any atom is -0.508 e. The highest BCUT2D eigenvalue weighted by Gasteiger charge is 2.20. The molecule has 0 spiro atoms. The SMILES string of the molecule is CC(C(O)c1ccc(O)cc1)n1cc(-c2ccc(C#CC(C)(C)O)cc2)nn1. The van der Waals surface area contributed by atoms with Crippen LogP contribution in [-0.2, 0) is 0 Å². The Morgan fingerprint density at radius 2 is 1.68 bits per heavy atom. The van der Waals surface area contributed by atoms with Gasteiger partial charge in [0.05, 0.1) is 12.2 Å². The number of phenolic OH excluding ortho intramolecular Hbond substituents is 1. The predicted octanol–water partition coefficient (Wildman–Crippen LogP) is 3.07. The molecule has 2 aromatic carbocycles. The third-order valence-electron chi connectivity index (χ3n) is 4.31. The van der Waals surface area contributed by atoms with Gasteiger partial charge in [0.2, 0.25) is 0 Å². The second kappa shape index (κ2) is 7.85. The molecule has 2 atom stereocenters. The molecule has 0 aliphatic rings. The summed E-state index contributed by atoms with van der Waals surface area (Å²) in [6, 6.07) is 13.6. The van der Waals surface area contributed by atoms with Gasteiger partial charge in [0.1, 0.15) is 23.1 Å². The number of aromatic hydroxyl groups is 1. The second-order valence-corrected chi connectivity index (χ2v) is 7.25. The largest absolute Gasteiger partial charge is 0.508 e. The van der Waals surface area contributed by atoms with Crippen LogP contribution in [0.15, 0.2) is 54.7 Å². The summed E-state index contributed by atoms with van der Waals surface area (Å²) >= 11 is 0. The number of rotatable bonds is 4. The van der Waals surface area contributed by atoms with Gasteiger partial charge in [0.15, 0.2) is 0 Å². The van der Waals surface area contributed by atoms with Crippen LogP contribution in [0.25, 0.3) is 11.3 Å². The van der Waals surface area contributed by atoms with Gasteiger partial charge in [-0.15, -0.1) is 5.10 Å². The van der Waals surface area contributed by atoms with Crippen LogP contribution in [0.1, 0.15) is 44.0 Å². The Kier molecular flexibility index (Phi) is 5.50. The molecule has 144 valence electrons. The Balaban J connectivity index is 1.76. The molecule has 6 heteroatoms. The lowest BCUT2D eigenvalue weighted by molar-refractivity contribution is 0.114. The highest BCUT2D eigenvalue weighted by Crippen LogP contribution is 2.27. The van der Waals surface area contributed by atoms with Crippen molar-refractivity contribution < 1.29 is 15.3 Å². The molecule has 1 heterocycles. The minimum absolute atomic E-state index is 0.155. The molecule has 0 aliphatic heterocycles. The second-order valence-electron chi connectivity index (χ2n) is 7.25. The molecule has 1 aromatic heterocycles. The first-order chi connectivity index (χ1) is 13.2. The molecule has 0 aliphatic carbocycles. The summed E-state index contributed by atoms with van der Waals surface area (Å²) in [7, 11) is 0. The van der Waals surface area contributed by atoms with Gasteiger partial charge < -0.3 is 15.3 Å². The average Bonchev–Trinajstić information content (AvgIpc) is 3.16. The number of aliphatic hydroxyl groups excluding tert-OH is 1. The van der Waals surface area contributed by atoms with E-state index >= 15 is 0 Å². The van der Waals surface area contributed by atoms with Crippen molar-refractivity contribution in [1.82, 2.24) is 15.0 Å². The van der Waals surface area contributed by atoms with E-state index in [-0.39, 0.29) is 11.8 Å². The van der Waals surface area contributed by atoms with Crippen molar-refractivity contribution in [2.75, 3.05) is 0 Å². The van der Waals surface area contributed by atoms with E-state index in [1.165, 1.54) is 0 Å². The lowest BCUT2D eigenvalue weighted by Crippen LogP contribution is -2.15. The van der Waals surface area contributed by atoms with E-state index in [0.717, 1.165) is 11.1 Å². The van der Waals surface area contributed by atoms with Gasteiger partial charge in [-0.3, -0.25) is 0 Å². The predicted molar refractivity (Wildman–Crippen MR) is 106 cm³/mol. The van der Waals surface area contributed by atoms with Gasteiger partial charge in [-0.25, -0.2) is 4.68 Å². The molecule has 6 nitrogen and oxygen atoms in total. The molecule has 0 amide bonds. The summed E-state index contributed by atoms with van der Waals surface area (Å²) in [6.07, 6.45) is 1.00. The standard InChI is InChI=1S/C22H23N3O3/c1-15(21(27)18-8-10-19(26)11-9-18)25-14-20(23-24-25)17-6-4-16(5-7-17)12-13-22(2,3)28/h4-11,14-15,21,26-28H,1-3H3. The fraction of sp³-hybridized carbons (Fsp3) is 0.273. The molecule has 3 rings (SSSR count). The zero-order chi connectivity index (χ0) is 20.3. The summed E-state index contributed by atoms with van der Waals surface area (Å²) in [5.74, 6) is 5.86. The first kappa shape index (κ1) is 19.6. The fourth-order valence-electron chi connectivity index (χ4n) is 2.65. The highest BCUT2D eigenvalue weighted by atomic mass is 16.3. The van der Waals surface area contributed by atoms with Crippen molar-refractivity contribution in [2.24, 2.45) is 0 Å². The molecule has 3 aromatic rings. The van der Waals surface area contributed by atoms with Crippen molar-refractivity contribution in [3.05, 3.63) is 65.9 Å². The molecule has 0 saturated carbocycles. The number of aromatic nitrogens is 3. The van der Waals surface area contributed by atoms with Gasteiger partial charge in [-0.05, 0) is 50.6 Å². The van der Waals surface area contributed by atoms with Crippen LogP contribution in [0.5, 0.6) is 5.75 Å². The third-order valence-corrected chi connectivity index (χ3v) is 4.31. The number of hydrogen-bond donors (Lipinski definition) is 3. The first-order valence-corrected chi connectivity index (χ1v) is 8.98.